The zero-order valence-corrected chi connectivity index (χ0v) is 26.5. The highest BCUT2D eigenvalue weighted by atomic mass is 16.5. The summed E-state index contributed by atoms with van der Waals surface area (Å²) in [6.07, 6.45) is 4.29. The van der Waals surface area contributed by atoms with E-state index in [1.54, 1.807) is 17.1 Å². The Hall–Kier alpha value is -4.28. The molecule has 0 radical (unpaired) electrons. The lowest BCUT2D eigenvalue weighted by Gasteiger charge is -2.37. The van der Waals surface area contributed by atoms with Gasteiger partial charge in [-0.2, -0.15) is 0 Å². The monoisotopic (exact) mass is 629 g/mol. The first-order chi connectivity index (χ1) is 22.2. The number of aryl methyl sites for hydroxylation is 2. The van der Waals surface area contributed by atoms with E-state index in [9.17, 15) is 24.3 Å². The number of likely N-dealkylation sites (tertiary alicyclic amines) is 1. The Labute approximate surface area is 270 Å². The molecule has 2 N–H and O–H groups in total. The highest BCUT2D eigenvalue weighted by Gasteiger charge is 2.74. The maximum absolute atomic E-state index is 14.6. The molecule has 6 atom stereocenters. The molecule has 2 aromatic carbocycles. The van der Waals surface area contributed by atoms with Crippen molar-refractivity contribution >= 4 is 29.4 Å². The lowest BCUT2D eigenvalue weighted by molar-refractivity contribution is -0.146. The zero-order valence-electron chi connectivity index (χ0n) is 26.5. The third-order valence-corrected chi connectivity index (χ3v) is 9.45. The number of amides is 3. The number of β-amino-alcohol motifs (C(OH)–C–C–N with tert-alkyl or cyclic N) is 1. The second-order valence-corrected chi connectivity index (χ2v) is 12.3. The van der Waals surface area contributed by atoms with Gasteiger partial charge in [0.05, 0.1) is 30.6 Å². The van der Waals surface area contributed by atoms with Crippen LogP contribution >= 0.6 is 0 Å². The number of aliphatic hydroxyl groups is 1. The fraction of sp³-hybridized carbons (Fsp3) is 0.444. The molecule has 2 aromatic rings. The Kier molecular flexibility index (Phi) is 10.1. The van der Waals surface area contributed by atoms with Crippen molar-refractivity contribution in [1.82, 2.24) is 10.2 Å². The van der Waals surface area contributed by atoms with Crippen molar-refractivity contribution in [3.8, 4) is 0 Å². The van der Waals surface area contributed by atoms with Crippen LogP contribution in [0, 0.1) is 25.7 Å². The van der Waals surface area contributed by atoms with E-state index in [1.807, 2.05) is 62.4 Å². The first-order valence-corrected chi connectivity index (χ1v) is 15.9. The highest BCUT2D eigenvalue weighted by molar-refractivity contribution is 6.05. The van der Waals surface area contributed by atoms with Crippen molar-refractivity contribution < 1.29 is 33.8 Å². The molecule has 2 bridgehead atoms. The van der Waals surface area contributed by atoms with Crippen LogP contribution < -0.4 is 10.2 Å². The number of aliphatic hydroxyl groups excluding tert-OH is 1. The fourth-order valence-corrected chi connectivity index (χ4v) is 7.52. The van der Waals surface area contributed by atoms with Crippen molar-refractivity contribution in [1.29, 1.82) is 0 Å². The lowest BCUT2D eigenvalue weighted by atomic mass is 9.70. The van der Waals surface area contributed by atoms with Crippen molar-refractivity contribution in [3.63, 3.8) is 0 Å². The topological polar surface area (TPSA) is 125 Å². The van der Waals surface area contributed by atoms with E-state index in [1.165, 1.54) is 4.90 Å². The van der Waals surface area contributed by atoms with Crippen LogP contribution in [-0.2, 0) is 28.7 Å². The van der Waals surface area contributed by atoms with Gasteiger partial charge in [0.15, 0.2) is 0 Å². The average Bonchev–Trinajstić information content (AvgIpc) is 3.69. The Morgan fingerprint density at radius 3 is 2.50 bits per heavy atom. The molecule has 0 unspecified atom stereocenters. The van der Waals surface area contributed by atoms with Crippen molar-refractivity contribution in [2.75, 3.05) is 31.2 Å². The van der Waals surface area contributed by atoms with Crippen LogP contribution in [-0.4, -0.2) is 77.7 Å². The molecule has 3 aliphatic rings. The van der Waals surface area contributed by atoms with E-state index in [0.29, 0.717) is 19.3 Å². The van der Waals surface area contributed by atoms with Crippen LogP contribution in [0.3, 0.4) is 0 Å². The molecule has 0 saturated carbocycles. The number of hydrogen-bond acceptors (Lipinski definition) is 7. The molecular weight excluding hydrogens is 586 g/mol. The molecule has 10 heteroatoms. The quantitative estimate of drug-likeness (QED) is 0.242. The van der Waals surface area contributed by atoms with Gasteiger partial charge in [0.25, 0.3) is 5.91 Å². The van der Waals surface area contributed by atoms with Crippen LogP contribution in [0.5, 0.6) is 0 Å². The van der Waals surface area contributed by atoms with Crippen LogP contribution in [0.15, 0.2) is 73.8 Å². The highest BCUT2D eigenvalue weighted by Crippen LogP contribution is 2.58. The predicted octanol–water partition coefficient (Wildman–Crippen LogP) is 3.56. The molecule has 10 nitrogen and oxygen atoms in total. The summed E-state index contributed by atoms with van der Waals surface area (Å²) < 4.78 is 12.1. The van der Waals surface area contributed by atoms with Gasteiger partial charge < -0.3 is 29.7 Å². The molecule has 3 heterocycles. The standard InChI is InChI=1S/C36H43N3O7/c1-5-7-16-28(41)45-22-26(25-14-9-8-10-15-25)37-33(42)29-27-17-18-36(46-27)30(29)34(43)39(20-21-40)32(36)35(44)38(19-6-2)31-23(3)12-11-13-24(31)4/h5-6,8-15,26-27,29-30,32,40H,1-2,7,16-22H2,3-4H3,(H,37,42)/t26-,27-,29+,30+,32-,36+/m0/s1. The molecule has 0 aromatic heterocycles. The number of para-hydroxylation sites is 1. The number of carbonyl (C=O) groups is 4. The van der Waals surface area contributed by atoms with E-state index in [2.05, 4.69) is 18.5 Å². The summed E-state index contributed by atoms with van der Waals surface area (Å²) in [5, 5.41) is 13.0. The molecular formula is C36H43N3O7. The number of fused-ring (bicyclic) bond motifs is 1. The number of anilines is 1. The van der Waals surface area contributed by atoms with E-state index >= 15 is 0 Å². The first-order valence-electron chi connectivity index (χ1n) is 15.9. The SMILES string of the molecule is C=CCCC(=O)OC[C@H](NC(=O)[C@@H]1[C@@H]2CC[C@]3(O2)[C@H](C(=O)N(CC=C)c2c(C)cccc2C)N(CCO)C(=O)[C@@H]13)c1ccccc1. The van der Waals surface area contributed by atoms with Crippen LogP contribution in [0.2, 0.25) is 0 Å². The summed E-state index contributed by atoms with van der Waals surface area (Å²) >= 11 is 0. The summed E-state index contributed by atoms with van der Waals surface area (Å²) in [7, 11) is 0. The third-order valence-electron chi connectivity index (χ3n) is 9.45. The zero-order chi connectivity index (χ0) is 33.0. The second kappa shape index (κ2) is 14.0. The number of esters is 1. The van der Waals surface area contributed by atoms with Crippen molar-refractivity contribution in [3.05, 3.63) is 90.5 Å². The molecule has 3 fully saturated rings. The van der Waals surface area contributed by atoms with E-state index in [0.717, 1.165) is 22.4 Å². The summed E-state index contributed by atoms with van der Waals surface area (Å²) in [5.41, 5.74) is 2.04. The number of benzene rings is 2. The minimum Gasteiger partial charge on any atom is -0.463 e. The molecule has 0 aliphatic carbocycles. The maximum Gasteiger partial charge on any atom is 0.306 e. The van der Waals surface area contributed by atoms with Crippen molar-refractivity contribution in [2.45, 2.75) is 63.3 Å². The summed E-state index contributed by atoms with van der Waals surface area (Å²) in [6, 6.07) is 13.3. The molecule has 3 saturated heterocycles. The molecule has 3 amide bonds. The van der Waals surface area contributed by atoms with Crippen LogP contribution in [0.25, 0.3) is 0 Å². The third kappa shape index (κ3) is 5.99. The van der Waals surface area contributed by atoms with E-state index < -0.39 is 47.5 Å². The van der Waals surface area contributed by atoms with Crippen molar-refractivity contribution in [2.24, 2.45) is 11.8 Å². The molecule has 244 valence electrons. The maximum atomic E-state index is 14.6. The minimum atomic E-state index is -1.23. The Morgan fingerprint density at radius 2 is 1.85 bits per heavy atom. The Bertz CT molecular complexity index is 1470. The number of allylic oxidation sites excluding steroid dienone is 1. The van der Waals surface area contributed by atoms with Gasteiger partial charge >= 0.3 is 5.97 Å². The Balaban J connectivity index is 1.45. The van der Waals surface area contributed by atoms with Gasteiger partial charge in [0.1, 0.15) is 18.2 Å². The summed E-state index contributed by atoms with van der Waals surface area (Å²) in [6.45, 7) is 11.1. The average molecular weight is 630 g/mol. The fourth-order valence-electron chi connectivity index (χ4n) is 7.52. The predicted molar refractivity (Wildman–Crippen MR) is 173 cm³/mol. The minimum absolute atomic E-state index is 0.0716. The number of rotatable bonds is 14. The molecule has 46 heavy (non-hydrogen) atoms. The number of ether oxygens (including phenoxy) is 2. The van der Waals surface area contributed by atoms with Crippen LogP contribution in [0.1, 0.15) is 48.4 Å². The van der Waals surface area contributed by atoms with Gasteiger partial charge in [-0.15, -0.1) is 13.2 Å². The van der Waals surface area contributed by atoms with Gasteiger partial charge in [0.2, 0.25) is 11.8 Å². The Morgan fingerprint density at radius 1 is 1.13 bits per heavy atom. The lowest BCUT2D eigenvalue weighted by Crippen LogP contribution is -2.57. The molecule has 5 rings (SSSR count). The number of nitrogens with one attached hydrogen (secondary N) is 1. The number of carbonyl (C=O) groups excluding carboxylic acids is 4. The van der Waals surface area contributed by atoms with Gasteiger partial charge in [0, 0.05) is 25.2 Å². The smallest absolute Gasteiger partial charge is 0.306 e. The largest absolute Gasteiger partial charge is 0.463 e. The van der Waals surface area contributed by atoms with Gasteiger partial charge in [-0.05, 0) is 49.8 Å². The number of hydrogen-bond donors (Lipinski definition) is 2. The van der Waals surface area contributed by atoms with Gasteiger partial charge in [-0.3, -0.25) is 19.2 Å². The normalized spacial score (nSPS) is 25.1. The summed E-state index contributed by atoms with van der Waals surface area (Å²) in [5.74, 6) is -3.32. The first kappa shape index (κ1) is 33.1. The van der Waals surface area contributed by atoms with Gasteiger partial charge in [-0.1, -0.05) is 60.7 Å². The molecule has 1 spiro atoms. The van der Waals surface area contributed by atoms with E-state index in [-0.39, 0.29) is 44.5 Å². The number of nitrogens with zero attached hydrogens (tertiary/aromatic N) is 2. The second-order valence-electron chi connectivity index (χ2n) is 12.3. The molecule has 3 aliphatic heterocycles. The summed E-state index contributed by atoms with van der Waals surface area (Å²) in [4.78, 5) is 58.3. The van der Waals surface area contributed by atoms with E-state index in [4.69, 9.17) is 9.47 Å². The van der Waals surface area contributed by atoms with Gasteiger partial charge in [-0.25, -0.2) is 0 Å². The van der Waals surface area contributed by atoms with Crippen LogP contribution in [0.4, 0.5) is 5.69 Å².